The molecule has 0 N–H and O–H groups in total. The van der Waals surface area contributed by atoms with Gasteiger partial charge >= 0.3 is 0 Å². The number of fused-ring (bicyclic) bond motifs is 7. The Kier molecular flexibility index (Phi) is 4.93. The van der Waals surface area contributed by atoms with E-state index in [9.17, 15) is 0 Å². The minimum Gasteiger partial charge on any atom is -0.456 e. The number of para-hydroxylation sites is 1. The number of hydrogen-bond donors (Lipinski definition) is 0. The second-order valence-electron chi connectivity index (χ2n) is 10.8. The molecule has 0 saturated heterocycles. The molecule has 196 valence electrons. The molecule has 0 spiro atoms. The monoisotopic (exact) mass is 536 g/mol. The second kappa shape index (κ2) is 8.95. The van der Waals surface area contributed by atoms with Crippen LogP contribution in [0.5, 0.6) is 0 Å². The third-order valence-corrected chi connectivity index (χ3v) is 8.50. The molecule has 2 heteroatoms. The first-order valence-electron chi connectivity index (χ1n) is 14.3. The maximum absolute atomic E-state index is 6.65. The third kappa shape index (κ3) is 3.33. The second-order valence-corrected chi connectivity index (χ2v) is 10.8. The third-order valence-electron chi connectivity index (χ3n) is 8.50. The quantitative estimate of drug-likeness (QED) is 0.210. The Hall–Kier alpha value is -5.60. The topological polar surface area (TPSA) is 26.3 Å². The Morgan fingerprint density at radius 1 is 0.333 bits per heavy atom. The summed E-state index contributed by atoms with van der Waals surface area (Å²) in [6.07, 6.45) is 0. The van der Waals surface area contributed by atoms with Gasteiger partial charge in [-0.15, -0.1) is 0 Å². The van der Waals surface area contributed by atoms with Crippen molar-refractivity contribution in [3.05, 3.63) is 146 Å². The maximum atomic E-state index is 6.65. The normalized spacial score (nSPS) is 11.8. The summed E-state index contributed by atoms with van der Waals surface area (Å²) in [6, 6.07) is 51.3. The Morgan fingerprint density at radius 3 is 1.60 bits per heavy atom. The molecule has 7 aromatic carbocycles. The molecule has 42 heavy (non-hydrogen) atoms. The summed E-state index contributed by atoms with van der Waals surface area (Å²) in [6.45, 7) is 0. The largest absolute Gasteiger partial charge is 0.456 e. The van der Waals surface area contributed by atoms with Crippen molar-refractivity contribution in [2.45, 2.75) is 0 Å². The Balaban J connectivity index is 1.37. The molecule has 2 nitrogen and oxygen atoms in total. The van der Waals surface area contributed by atoms with Crippen molar-refractivity contribution in [3.8, 4) is 33.6 Å². The van der Waals surface area contributed by atoms with E-state index in [1.807, 2.05) is 12.1 Å². The summed E-state index contributed by atoms with van der Waals surface area (Å²) >= 11 is 0. The smallest absolute Gasteiger partial charge is 0.146 e. The van der Waals surface area contributed by atoms with E-state index in [0.29, 0.717) is 0 Å². The summed E-state index contributed by atoms with van der Waals surface area (Å²) in [4.78, 5) is 0. The summed E-state index contributed by atoms with van der Waals surface area (Å²) in [5.74, 6) is 0.841. The van der Waals surface area contributed by atoms with E-state index in [1.165, 1.54) is 33.0 Å². The van der Waals surface area contributed by atoms with Crippen LogP contribution in [0, 0.1) is 0 Å². The van der Waals surface area contributed by atoms with Crippen molar-refractivity contribution in [2.75, 3.05) is 0 Å². The van der Waals surface area contributed by atoms with Gasteiger partial charge in [-0.3, -0.25) is 0 Å². The molecule has 0 aliphatic heterocycles. The molecular weight excluding hydrogens is 512 g/mol. The summed E-state index contributed by atoms with van der Waals surface area (Å²) in [7, 11) is 0. The lowest BCUT2D eigenvalue weighted by Crippen LogP contribution is -1.92. The van der Waals surface area contributed by atoms with Gasteiger partial charge in [-0.2, -0.15) is 0 Å². The lowest BCUT2D eigenvalue weighted by atomic mass is 9.85. The highest BCUT2D eigenvalue weighted by Gasteiger charge is 2.21. The van der Waals surface area contributed by atoms with Gasteiger partial charge in [-0.25, -0.2) is 0 Å². The van der Waals surface area contributed by atoms with E-state index in [4.69, 9.17) is 8.83 Å². The van der Waals surface area contributed by atoms with Crippen LogP contribution in [0.1, 0.15) is 0 Å². The minimum atomic E-state index is 0.822. The molecule has 0 aliphatic rings. The average Bonchev–Trinajstić information content (AvgIpc) is 3.66. The first-order valence-corrected chi connectivity index (χ1v) is 14.3. The van der Waals surface area contributed by atoms with Gasteiger partial charge < -0.3 is 8.83 Å². The zero-order valence-corrected chi connectivity index (χ0v) is 22.7. The van der Waals surface area contributed by atoms with E-state index in [2.05, 4.69) is 133 Å². The van der Waals surface area contributed by atoms with E-state index in [-0.39, 0.29) is 0 Å². The molecule has 2 aromatic heterocycles. The predicted molar refractivity (Wildman–Crippen MR) is 175 cm³/mol. The number of benzene rings is 7. The van der Waals surface area contributed by atoms with E-state index in [1.54, 1.807) is 0 Å². The molecule has 0 radical (unpaired) electrons. The van der Waals surface area contributed by atoms with Crippen molar-refractivity contribution < 1.29 is 8.83 Å². The first-order chi connectivity index (χ1) is 20.8. The lowest BCUT2D eigenvalue weighted by molar-refractivity contribution is 0.632. The van der Waals surface area contributed by atoms with Gasteiger partial charge in [0.1, 0.15) is 22.5 Å². The lowest BCUT2D eigenvalue weighted by Gasteiger charge is -2.18. The molecule has 0 amide bonds. The van der Waals surface area contributed by atoms with Crippen LogP contribution < -0.4 is 0 Å². The summed E-state index contributed by atoms with van der Waals surface area (Å²) in [5.41, 5.74) is 8.56. The molecular formula is C40H24O2. The van der Waals surface area contributed by atoms with Gasteiger partial charge in [0.25, 0.3) is 0 Å². The fraction of sp³-hybridized carbons (Fsp3) is 0. The van der Waals surface area contributed by atoms with Crippen LogP contribution in [0.3, 0.4) is 0 Å². The van der Waals surface area contributed by atoms with Crippen LogP contribution in [0.15, 0.2) is 154 Å². The van der Waals surface area contributed by atoms with Crippen LogP contribution in [0.4, 0.5) is 0 Å². The van der Waals surface area contributed by atoms with Crippen LogP contribution >= 0.6 is 0 Å². The predicted octanol–water partition coefficient (Wildman–Crippen LogP) is 11.6. The van der Waals surface area contributed by atoms with Crippen molar-refractivity contribution in [2.24, 2.45) is 0 Å². The molecule has 0 atom stereocenters. The first kappa shape index (κ1) is 23.1. The standard InChI is InChI=1S/C40H24O2/c1-2-12-25(13-3-1)26-14-4-5-16-28(26)38-29-17-6-8-19-31(29)39(32-20-9-7-18-30(32)38)37-24-34-36(41-37)23-22-33-27-15-10-11-21-35(27)42-40(33)34/h1-24H. The van der Waals surface area contributed by atoms with Gasteiger partial charge in [0.2, 0.25) is 0 Å². The molecule has 0 bridgehead atoms. The summed E-state index contributed by atoms with van der Waals surface area (Å²) in [5, 5.41) is 7.93. The molecule has 0 saturated carbocycles. The zero-order valence-electron chi connectivity index (χ0n) is 22.7. The maximum Gasteiger partial charge on any atom is 0.146 e. The molecule has 0 fully saturated rings. The van der Waals surface area contributed by atoms with Gasteiger partial charge in [0, 0.05) is 16.3 Å². The van der Waals surface area contributed by atoms with Crippen molar-refractivity contribution >= 4 is 54.5 Å². The average molecular weight is 537 g/mol. The van der Waals surface area contributed by atoms with Crippen molar-refractivity contribution in [1.29, 1.82) is 0 Å². The fourth-order valence-electron chi connectivity index (χ4n) is 6.67. The van der Waals surface area contributed by atoms with Crippen LogP contribution in [-0.2, 0) is 0 Å². The Labute approximate surface area is 242 Å². The number of rotatable bonds is 3. The summed E-state index contributed by atoms with van der Waals surface area (Å²) < 4.78 is 13.0. The van der Waals surface area contributed by atoms with Gasteiger partial charge in [0.05, 0.1) is 5.39 Å². The van der Waals surface area contributed by atoms with E-state index < -0.39 is 0 Å². The molecule has 9 rings (SSSR count). The highest BCUT2D eigenvalue weighted by Crippen LogP contribution is 2.47. The van der Waals surface area contributed by atoms with E-state index >= 15 is 0 Å². The Morgan fingerprint density at radius 2 is 0.881 bits per heavy atom. The molecule has 0 unspecified atom stereocenters. The van der Waals surface area contributed by atoms with E-state index in [0.717, 1.165) is 55.0 Å². The highest BCUT2D eigenvalue weighted by atomic mass is 16.3. The fourth-order valence-corrected chi connectivity index (χ4v) is 6.67. The van der Waals surface area contributed by atoms with Crippen molar-refractivity contribution in [1.82, 2.24) is 0 Å². The Bertz CT molecular complexity index is 2400. The number of furan rings is 2. The van der Waals surface area contributed by atoms with Gasteiger partial charge in [-0.1, -0.05) is 121 Å². The minimum absolute atomic E-state index is 0.822. The van der Waals surface area contributed by atoms with Gasteiger partial charge in [-0.05, 0) is 68.1 Å². The SMILES string of the molecule is c1ccc(-c2ccccc2-c2c3ccccc3c(-c3cc4c(ccc5c6ccccc6oc45)o3)c3ccccc23)cc1. The van der Waals surface area contributed by atoms with Crippen LogP contribution in [0.2, 0.25) is 0 Å². The van der Waals surface area contributed by atoms with Gasteiger partial charge in [0.15, 0.2) is 0 Å². The van der Waals surface area contributed by atoms with Crippen LogP contribution in [0.25, 0.3) is 88.0 Å². The molecule has 9 aromatic rings. The number of hydrogen-bond acceptors (Lipinski definition) is 2. The molecule has 2 heterocycles. The zero-order chi connectivity index (χ0) is 27.6. The highest BCUT2D eigenvalue weighted by molar-refractivity contribution is 6.23. The van der Waals surface area contributed by atoms with Crippen molar-refractivity contribution in [3.63, 3.8) is 0 Å². The molecule has 0 aliphatic carbocycles. The van der Waals surface area contributed by atoms with Crippen LogP contribution in [-0.4, -0.2) is 0 Å².